The van der Waals surface area contributed by atoms with E-state index >= 15 is 0 Å². The van der Waals surface area contributed by atoms with Gasteiger partial charge in [0.25, 0.3) is 0 Å². The number of morpholine rings is 1. The Morgan fingerprint density at radius 2 is 1.96 bits per heavy atom. The number of aryl methyl sites for hydroxylation is 1. The normalized spacial score (nSPS) is 24.2. The first-order valence-corrected chi connectivity index (χ1v) is 22.4. The second-order valence-corrected chi connectivity index (χ2v) is 18.4. The number of methoxy groups -OCH3 is 1. The van der Waals surface area contributed by atoms with E-state index in [1.165, 1.54) is 35.3 Å². The van der Waals surface area contributed by atoms with Gasteiger partial charge in [-0.15, -0.1) is 0 Å². The van der Waals surface area contributed by atoms with Gasteiger partial charge in [-0.2, -0.15) is 0 Å². The minimum atomic E-state index is -2.73. The molecular weight excluding hydrogens is 778 g/mol. The first kappa shape index (κ1) is 40.5. The number of likely N-dealkylation sites (tertiary alicyclic amines) is 1. The van der Waals surface area contributed by atoms with E-state index in [-0.39, 0.29) is 0 Å². The monoisotopic (exact) mass is 831 g/mol. The van der Waals surface area contributed by atoms with E-state index in [1.54, 1.807) is 33.7 Å². The molecule has 2 aliphatic heterocycles. The van der Waals surface area contributed by atoms with Crippen LogP contribution < -0.4 is 10.6 Å². The number of hydrogen-bond acceptors (Lipinski definition) is 9. The Bertz CT molecular complexity index is 1780. The third kappa shape index (κ3) is 10.7. The number of aliphatic imine (C=N–C) groups is 1. The standard InChI is InChI=1S/C38H54BrN8O3P.V/c1-7-28-24-33(36(49-4)16-10-15-35(28)47-18-11-13-30(17-19-47)46-20-22-50-23-21-46)40-27-41-38(31(39)8-2)43-32-14-9-12-29(25-37(32)51(5,6)48)34-26-42-45(3)44-34;/h8-9,14-15,24-26,30,40H,7,10-13,16-23H2,1-6H3,(H,41,43);/b28-24-,31-8?,35-15?,36-33-;. The van der Waals surface area contributed by atoms with Gasteiger partial charge < -0.3 is 4.74 Å². The Morgan fingerprint density at radius 1 is 1.17 bits per heavy atom. The van der Waals surface area contributed by atoms with E-state index in [9.17, 15) is 4.57 Å². The fourth-order valence-corrected chi connectivity index (χ4v) is 8.78. The molecular formula is C38H54BrN8O3PV. The van der Waals surface area contributed by atoms with Crippen molar-refractivity contribution in [1.82, 2.24) is 35.4 Å². The molecule has 2 aliphatic carbocycles. The van der Waals surface area contributed by atoms with Gasteiger partial charge in [0, 0.05) is 0 Å². The molecule has 5 rings (SSSR count). The maximum absolute atomic E-state index is 13.7. The number of allylic oxidation sites excluding steroid dienone is 10. The van der Waals surface area contributed by atoms with Crippen molar-refractivity contribution in [3.63, 3.8) is 0 Å². The van der Waals surface area contributed by atoms with E-state index in [0.29, 0.717) is 22.8 Å². The Hall–Kier alpha value is -2.73. The van der Waals surface area contributed by atoms with E-state index in [2.05, 4.69) is 88.7 Å². The predicted octanol–water partition coefficient (Wildman–Crippen LogP) is 6.56. The summed E-state index contributed by atoms with van der Waals surface area (Å²) in [4.78, 5) is 11.8. The summed E-state index contributed by atoms with van der Waals surface area (Å²) in [6, 6.07) is 0.625. The summed E-state index contributed by atoms with van der Waals surface area (Å²) in [5, 5.41) is 16.5. The van der Waals surface area contributed by atoms with Gasteiger partial charge in [0.1, 0.15) is 0 Å². The summed E-state index contributed by atoms with van der Waals surface area (Å²) >= 11 is 6.27. The number of hydrogen-bond donors (Lipinski definition) is 2. The molecule has 11 nitrogen and oxygen atoms in total. The van der Waals surface area contributed by atoms with Gasteiger partial charge in [0.15, 0.2) is 0 Å². The molecule has 14 heteroatoms. The van der Waals surface area contributed by atoms with Crippen molar-refractivity contribution in [2.75, 3.05) is 59.8 Å². The van der Waals surface area contributed by atoms with Crippen LogP contribution in [0.3, 0.4) is 0 Å². The summed E-state index contributed by atoms with van der Waals surface area (Å²) in [5.41, 5.74) is 5.97. The molecule has 52 heavy (non-hydrogen) atoms. The zero-order valence-corrected chi connectivity index (χ0v) is 35.4. The summed E-state index contributed by atoms with van der Waals surface area (Å²) in [6.45, 7) is 13.6. The van der Waals surface area contributed by atoms with Crippen LogP contribution in [0.1, 0.15) is 64.5 Å². The van der Waals surface area contributed by atoms with Crippen molar-refractivity contribution < 1.29 is 31.0 Å². The number of halogens is 1. The molecule has 1 aromatic heterocycles. The molecule has 2 fully saturated rings. The Morgan fingerprint density at radius 3 is 2.63 bits per heavy atom. The van der Waals surface area contributed by atoms with Gasteiger partial charge in [-0.05, 0) is 0 Å². The topological polar surface area (TPSA) is 109 Å². The van der Waals surface area contributed by atoms with Gasteiger partial charge in [0.05, 0.1) is 13.2 Å². The molecule has 0 bridgehead atoms. The van der Waals surface area contributed by atoms with Crippen LogP contribution in [-0.4, -0.2) is 101 Å². The molecule has 0 radical (unpaired) electrons. The average molecular weight is 833 g/mol. The number of rotatable bonds is 11. The summed E-state index contributed by atoms with van der Waals surface area (Å²) in [6.07, 6.45) is 21.1. The zero-order valence-electron chi connectivity index (χ0n) is 31.5. The van der Waals surface area contributed by atoms with Gasteiger partial charge in [-0.1, -0.05) is 0 Å². The molecule has 1 unspecified atom stereocenters. The first-order chi connectivity index (χ1) is 25.0. The zero-order chi connectivity index (χ0) is 37.3. The van der Waals surface area contributed by atoms with Crippen LogP contribution in [0.2, 0.25) is 0 Å². The Kier molecular flexibility index (Phi) is 14.8. The third-order valence-electron chi connectivity index (χ3n) is 9.80. The van der Waals surface area contributed by atoms with Crippen LogP contribution in [0.15, 0.2) is 85.9 Å². The quantitative estimate of drug-likeness (QED) is 0.146. The van der Waals surface area contributed by atoms with E-state index in [1.807, 2.05) is 25.2 Å². The van der Waals surface area contributed by atoms with Crippen molar-refractivity contribution in [3.05, 3.63) is 86.6 Å². The molecule has 3 heterocycles. The van der Waals surface area contributed by atoms with E-state index in [0.717, 1.165) is 96.9 Å². The Balaban J connectivity index is 1.40. The molecule has 1 atom stereocenters. The molecule has 0 saturated carbocycles. The van der Waals surface area contributed by atoms with Crippen molar-refractivity contribution in [1.29, 1.82) is 0 Å². The van der Waals surface area contributed by atoms with Gasteiger partial charge in [-0.25, -0.2) is 0 Å². The fraction of sp³-hybridized carbons (Fsp3) is 0.526. The number of nitrogens with one attached hydrogen (secondary N) is 2. The third-order valence-corrected chi connectivity index (χ3v) is 12.5. The molecule has 2 saturated heterocycles. The van der Waals surface area contributed by atoms with Crippen LogP contribution in [-0.2, 0) is 38.1 Å². The summed E-state index contributed by atoms with van der Waals surface area (Å²) < 4.78 is 26.7. The number of nitrogens with zero attached hydrogens (tertiary/aromatic N) is 6. The SMILES string of the molecule is CC=C(Br)/C(=N\[C](=[V])NC1=C(\OC)CCC=C(N2CCCC(N3CCOCC3)CC2)/C(CC)=C\1)NC1=C(P(C)(C)=O)C=C(c2cnn(C)n2)CC=C1. The first-order valence-electron chi connectivity index (χ1n) is 18.3. The molecule has 281 valence electrons. The number of amidine groups is 1. The molecule has 0 spiro atoms. The van der Waals surface area contributed by atoms with E-state index in [4.69, 9.17) is 14.5 Å². The second kappa shape index (κ2) is 19.0. The van der Waals surface area contributed by atoms with Crippen LogP contribution in [0.4, 0.5) is 0 Å². The van der Waals surface area contributed by atoms with Crippen molar-refractivity contribution >= 4 is 39.0 Å². The molecule has 0 amide bonds. The van der Waals surface area contributed by atoms with Crippen LogP contribution in [0.25, 0.3) is 5.57 Å². The number of aromatic nitrogens is 3. The minimum absolute atomic E-state index is 0.581. The van der Waals surface area contributed by atoms with Crippen molar-refractivity contribution in [2.45, 2.75) is 64.8 Å². The predicted molar refractivity (Wildman–Crippen MR) is 212 cm³/mol. The Labute approximate surface area is 327 Å². The molecule has 1 aromatic rings. The molecule has 4 aliphatic rings. The van der Waals surface area contributed by atoms with Crippen molar-refractivity contribution in [2.24, 2.45) is 12.0 Å². The van der Waals surface area contributed by atoms with Gasteiger partial charge in [-0.3, -0.25) is 0 Å². The van der Waals surface area contributed by atoms with Crippen LogP contribution >= 0.6 is 23.1 Å². The molecule has 0 aromatic carbocycles. The van der Waals surface area contributed by atoms with Crippen LogP contribution in [0.5, 0.6) is 0 Å². The number of ether oxygens (including phenoxy) is 2. The van der Waals surface area contributed by atoms with Crippen molar-refractivity contribution in [3.8, 4) is 0 Å². The summed E-state index contributed by atoms with van der Waals surface area (Å²) in [5.74, 6) is 1.47. The fourth-order valence-electron chi connectivity index (χ4n) is 7.07. The second-order valence-electron chi connectivity index (χ2n) is 13.7. The van der Waals surface area contributed by atoms with Gasteiger partial charge >= 0.3 is 311 Å². The summed E-state index contributed by atoms with van der Waals surface area (Å²) in [7, 11) is 0.805. The molecule has 2 N–H and O–H groups in total. The van der Waals surface area contributed by atoms with E-state index < -0.39 is 7.14 Å². The maximum atomic E-state index is 13.7. The average Bonchev–Trinajstić information content (AvgIpc) is 3.28. The van der Waals surface area contributed by atoms with Gasteiger partial charge in [0.2, 0.25) is 0 Å². The van der Waals surface area contributed by atoms with Crippen LogP contribution in [0, 0.1) is 0 Å².